The van der Waals surface area contributed by atoms with Gasteiger partial charge in [0.2, 0.25) is 0 Å². The van der Waals surface area contributed by atoms with Crippen LogP contribution in [0.2, 0.25) is 0 Å². The lowest BCUT2D eigenvalue weighted by atomic mass is 10.2. The Bertz CT molecular complexity index is 824. The van der Waals surface area contributed by atoms with Gasteiger partial charge in [0, 0.05) is 31.7 Å². The van der Waals surface area contributed by atoms with Gasteiger partial charge in [-0.05, 0) is 54.8 Å². The van der Waals surface area contributed by atoms with Crippen LogP contribution in [-0.2, 0) is 13.6 Å². The number of aromatic nitrogens is 4. The van der Waals surface area contributed by atoms with Crippen molar-refractivity contribution in [3.05, 3.63) is 52.4 Å². The summed E-state index contributed by atoms with van der Waals surface area (Å²) in [4.78, 5) is 16.5. The van der Waals surface area contributed by atoms with Crippen LogP contribution in [-0.4, -0.2) is 31.0 Å². The quantitative estimate of drug-likeness (QED) is 0.729. The zero-order valence-electron chi connectivity index (χ0n) is 14.0. The van der Waals surface area contributed by atoms with Gasteiger partial charge >= 0.3 is 0 Å². The molecule has 0 N–H and O–H groups in total. The normalized spacial score (nSPS) is 18.3. The minimum absolute atomic E-state index is 0.295. The van der Waals surface area contributed by atoms with Crippen LogP contribution < -0.4 is 0 Å². The van der Waals surface area contributed by atoms with Gasteiger partial charge in [0.1, 0.15) is 11.5 Å². The van der Waals surface area contributed by atoms with Crippen molar-refractivity contribution < 1.29 is 0 Å². The number of aryl methyl sites for hydroxylation is 2. The molecule has 1 atom stereocenters. The number of rotatable bonds is 4. The van der Waals surface area contributed by atoms with E-state index in [2.05, 4.69) is 26.7 Å². The van der Waals surface area contributed by atoms with E-state index in [1.54, 1.807) is 11.3 Å². The van der Waals surface area contributed by atoms with Crippen LogP contribution in [0.15, 0.2) is 35.3 Å². The molecule has 1 aliphatic heterocycles. The van der Waals surface area contributed by atoms with E-state index in [1.807, 2.05) is 37.0 Å². The Kier molecular flexibility index (Phi) is 4.16. The lowest BCUT2D eigenvalue weighted by molar-refractivity contribution is 0.240. The molecule has 0 saturated carbocycles. The summed E-state index contributed by atoms with van der Waals surface area (Å²) in [7, 11) is 2.00. The summed E-state index contributed by atoms with van der Waals surface area (Å²) in [5.41, 5.74) is 3.29. The maximum absolute atomic E-state index is 4.86. The fourth-order valence-electron chi connectivity index (χ4n) is 3.39. The molecule has 0 aromatic carbocycles. The molecule has 1 unspecified atom stereocenters. The first-order valence-corrected chi connectivity index (χ1v) is 9.23. The number of likely N-dealkylation sites (tertiary alicyclic amines) is 1. The Morgan fingerprint density at radius 2 is 2.25 bits per heavy atom. The van der Waals surface area contributed by atoms with Crippen LogP contribution in [0, 0.1) is 6.92 Å². The molecule has 1 fully saturated rings. The molecule has 6 heteroatoms. The summed E-state index contributed by atoms with van der Waals surface area (Å²) in [6.45, 7) is 4.12. The van der Waals surface area contributed by atoms with Gasteiger partial charge in [-0.25, -0.2) is 15.0 Å². The minimum Gasteiger partial charge on any atom is -0.333 e. The van der Waals surface area contributed by atoms with E-state index in [4.69, 9.17) is 9.97 Å². The number of thiophene rings is 1. The van der Waals surface area contributed by atoms with E-state index in [-0.39, 0.29) is 0 Å². The third kappa shape index (κ3) is 2.99. The fraction of sp³-hybridized carbons (Fsp3) is 0.389. The summed E-state index contributed by atoms with van der Waals surface area (Å²) >= 11 is 1.76. The standard InChI is InChI=1S/C18H21N5S/c1-13-10-15(18-19-6-8-22(18)2)21-17(20-13)16-4-3-7-23(16)11-14-5-9-24-12-14/h5-6,8-10,12,16H,3-4,7,11H2,1-2H3. The monoisotopic (exact) mass is 339 g/mol. The van der Waals surface area contributed by atoms with Gasteiger partial charge in [0.05, 0.1) is 6.04 Å². The van der Waals surface area contributed by atoms with E-state index in [9.17, 15) is 0 Å². The van der Waals surface area contributed by atoms with Crippen molar-refractivity contribution in [1.82, 2.24) is 24.4 Å². The van der Waals surface area contributed by atoms with Gasteiger partial charge in [-0.3, -0.25) is 4.90 Å². The van der Waals surface area contributed by atoms with Crippen molar-refractivity contribution in [3.8, 4) is 11.5 Å². The SMILES string of the molecule is Cc1cc(-c2nccn2C)nc(C2CCCN2Cc2ccsc2)n1. The van der Waals surface area contributed by atoms with Crippen LogP contribution >= 0.6 is 11.3 Å². The molecule has 0 spiro atoms. The average Bonchev–Trinajstić information content (AvgIpc) is 3.29. The van der Waals surface area contributed by atoms with Crippen LogP contribution in [0.5, 0.6) is 0 Å². The summed E-state index contributed by atoms with van der Waals surface area (Å²) in [5, 5.41) is 4.37. The number of hydrogen-bond acceptors (Lipinski definition) is 5. The zero-order valence-corrected chi connectivity index (χ0v) is 14.8. The van der Waals surface area contributed by atoms with Crippen LogP contribution in [0.3, 0.4) is 0 Å². The van der Waals surface area contributed by atoms with Crippen LogP contribution in [0.1, 0.15) is 36.0 Å². The van der Waals surface area contributed by atoms with E-state index in [0.717, 1.165) is 42.5 Å². The van der Waals surface area contributed by atoms with Crippen molar-refractivity contribution in [2.24, 2.45) is 7.05 Å². The molecule has 0 aliphatic carbocycles. The van der Waals surface area contributed by atoms with Gasteiger partial charge in [0.25, 0.3) is 0 Å². The number of imidazole rings is 1. The van der Waals surface area contributed by atoms with Gasteiger partial charge in [-0.2, -0.15) is 11.3 Å². The predicted octanol–water partition coefficient (Wildman–Crippen LogP) is 3.58. The Morgan fingerprint density at radius 1 is 1.33 bits per heavy atom. The second-order valence-corrected chi connectivity index (χ2v) is 7.15. The largest absolute Gasteiger partial charge is 0.333 e. The topological polar surface area (TPSA) is 46.8 Å². The fourth-order valence-corrected chi connectivity index (χ4v) is 4.05. The summed E-state index contributed by atoms with van der Waals surface area (Å²) in [5.74, 6) is 1.82. The van der Waals surface area contributed by atoms with E-state index in [1.165, 1.54) is 12.0 Å². The highest BCUT2D eigenvalue weighted by Gasteiger charge is 2.29. The molecule has 3 aromatic heterocycles. The highest BCUT2D eigenvalue weighted by atomic mass is 32.1. The molecule has 1 aliphatic rings. The molecule has 4 rings (SSSR count). The first-order chi connectivity index (χ1) is 11.7. The van der Waals surface area contributed by atoms with Crippen molar-refractivity contribution in [1.29, 1.82) is 0 Å². The van der Waals surface area contributed by atoms with E-state index < -0.39 is 0 Å². The smallest absolute Gasteiger partial charge is 0.158 e. The Hall–Kier alpha value is -2.05. The number of hydrogen-bond donors (Lipinski definition) is 0. The molecular formula is C18H21N5S. The van der Waals surface area contributed by atoms with Crippen LogP contribution in [0.25, 0.3) is 11.5 Å². The lowest BCUT2D eigenvalue weighted by Crippen LogP contribution is -2.24. The van der Waals surface area contributed by atoms with Gasteiger partial charge in [-0.1, -0.05) is 0 Å². The molecule has 0 amide bonds. The molecule has 24 heavy (non-hydrogen) atoms. The van der Waals surface area contributed by atoms with Crippen molar-refractivity contribution in [2.45, 2.75) is 32.4 Å². The Morgan fingerprint density at radius 3 is 3.00 bits per heavy atom. The van der Waals surface area contributed by atoms with Crippen molar-refractivity contribution in [3.63, 3.8) is 0 Å². The second kappa shape index (κ2) is 6.45. The zero-order chi connectivity index (χ0) is 16.5. The van der Waals surface area contributed by atoms with Gasteiger partial charge < -0.3 is 4.57 Å². The number of nitrogens with zero attached hydrogens (tertiary/aromatic N) is 5. The Labute approximate surface area is 146 Å². The molecule has 1 saturated heterocycles. The van der Waals surface area contributed by atoms with Crippen molar-refractivity contribution in [2.75, 3.05) is 6.54 Å². The molecule has 4 heterocycles. The van der Waals surface area contributed by atoms with Crippen molar-refractivity contribution >= 4 is 11.3 Å². The molecule has 0 bridgehead atoms. The maximum Gasteiger partial charge on any atom is 0.158 e. The average molecular weight is 339 g/mol. The highest BCUT2D eigenvalue weighted by molar-refractivity contribution is 7.07. The third-order valence-electron chi connectivity index (χ3n) is 4.55. The molecular weight excluding hydrogens is 318 g/mol. The summed E-state index contributed by atoms with van der Waals surface area (Å²) in [6, 6.07) is 4.52. The highest BCUT2D eigenvalue weighted by Crippen LogP contribution is 2.32. The molecule has 3 aromatic rings. The van der Waals surface area contributed by atoms with E-state index in [0.29, 0.717) is 6.04 Å². The van der Waals surface area contributed by atoms with Gasteiger partial charge in [0.15, 0.2) is 5.82 Å². The van der Waals surface area contributed by atoms with Gasteiger partial charge in [-0.15, -0.1) is 0 Å². The lowest BCUT2D eigenvalue weighted by Gasteiger charge is -2.23. The first-order valence-electron chi connectivity index (χ1n) is 8.29. The molecule has 0 radical (unpaired) electrons. The maximum atomic E-state index is 4.86. The first kappa shape index (κ1) is 15.5. The third-order valence-corrected chi connectivity index (χ3v) is 5.28. The predicted molar refractivity (Wildman–Crippen MR) is 95.7 cm³/mol. The second-order valence-electron chi connectivity index (χ2n) is 6.37. The minimum atomic E-state index is 0.295. The van der Waals surface area contributed by atoms with E-state index >= 15 is 0 Å². The Balaban J connectivity index is 1.65. The van der Waals surface area contributed by atoms with Crippen LogP contribution in [0.4, 0.5) is 0 Å². The molecule has 5 nitrogen and oxygen atoms in total. The summed E-state index contributed by atoms with van der Waals surface area (Å²) in [6.07, 6.45) is 6.08. The molecule has 124 valence electrons. The summed E-state index contributed by atoms with van der Waals surface area (Å²) < 4.78 is 2.00.